The molecular formula is C14H20N2. The summed E-state index contributed by atoms with van der Waals surface area (Å²) in [6, 6.07) is 8.81. The van der Waals surface area contributed by atoms with Gasteiger partial charge >= 0.3 is 0 Å². The summed E-state index contributed by atoms with van der Waals surface area (Å²) in [5.74, 6) is 0. The second-order valence-corrected chi connectivity index (χ2v) is 4.45. The molecular weight excluding hydrogens is 196 g/mol. The van der Waals surface area contributed by atoms with Crippen LogP contribution in [0.25, 0.3) is 0 Å². The molecule has 1 aromatic rings. The summed E-state index contributed by atoms with van der Waals surface area (Å²) in [7, 11) is 1.99. The van der Waals surface area contributed by atoms with Gasteiger partial charge in [-0.3, -0.25) is 4.90 Å². The van der Waals surface area contributed by atoms with Crippen molar-refractivity contribution < 1.29 is 0 Å². The quantitative estimate of drug-likeness (QED) is 0.773. The van der Waals surface area contributed by atoms with Crippen LogP contribution in [-0.2, 0) is 6.42 Å². The van der Waals surface area contributed by atoms with Gasteiger partial charge in [0, 0.05) is 6.54 Å². The Balaban J connectivity index is 2.55. The fourth-order valence-corrected chi connectivity index (χ4v) is 1.56. The Morgan fingerprint density at radius 2 is 2.00 bits per heavy atom. The molecule has 0 amide bonds. The summed E-state index contributed by atoms with van der Waals surface area (Å²) >= 11 is 0. The van der Waals surface area contributed by atoms with Crippen LogP contribution in [0.2, 0.25) is 0 Å². The van der Waals surface area contributed by atoms with E-state index in [4.69, 9.17) is 5.26 Å². The van der Waals surface area contributed by atoms with E-state index in [0.29, 0.717) is 0 Å². The van der Waals surface area contributed by atoms with Gasteiger partial charge < -0.3 is 0 Å². The van der Waals surface area contributed by atoms with Crippen molar-refractivity contribution in [2.45, 2.75) is 33.2 Å². The molecule has 2 heteroatoms. The van der Waals surface area contributed by atoms with Crippen LogP contribution in [0.1, 0.15) is 23.6 Å². The predicted molar refractivity (Wildman–Crippen MR) is 67.3 cm³/mol. The number of hydrogen-bond acceptors (Lipinski definition) is 2. The van der Waals surface area contributed by atoms with Crippen LogP contribution in [0, 0.1) is 25.2 Å². The zero-order valence-electron chi connectivity index (χ0n) is 10.6. The van der Waals surface area contributed by atoms with Crippen molar-refractivity contribution in [3.05, 3.63) is 34.9 Å². The SMILES string of the molecule is Cc1ccc(CCN(C)C(C)C#N)cc1C. The molecule has 0 N–H and O–H groups in total. The van der Waals surface area contributed by atoms with Crippen molar-refractivity contribution in [1.29, 1.82) is 5.26 Å². The lowest BCUT2D eigenvalue weighted by molar-refractivity contribution is 0.306. The largest absolute Gasteiger partial charge is 0.291 e. The van der Waals surface area contributed by atoms with Gasteiger partial charge in [0.15, 0.2) is 0 Å². The van der Waals surface area contributed by atoms with Gasteiger partial charge in [0.1, 0.15) is 0 Å². The van der Waals surface area contributed by atoms with E-state index >= 15 is 0 Å². The Hall–Kier alpha value is -1.33. The second kappa shape index (κ2) is 5.67. The maximum absolute atomic E-state index is 8.79. The molecule has 1 rings (SSSR count). The molecule has 0 spiro atoms. The van der Waals surface area contributed by atoms with Gasteiger partial charge in [0.05, 0.1) is 12.1 Å². The van der Waals surface area contributed by atoms with E-state index in [2.05, 4.69) is 43.0 Å². The smallest absolute Gasteiger partial charge is 0.0946 e. The van der Waals surface area contributed by atoms with Gasteiger partial charge in [-0.15, -0.1) is 0 Å². The molecule has 2 nitrogen and oxygen atoms in total. The van der Waals surface area contributed by atoms with E-state index in [-0.39, 0.29) is 6.04 Å². The Morgan fingerprint density at radius 1 is 1.31 bits per heavy atom. The number of benzene rings is 1. The second-order valence-electron chi connectivity index (χ2n) is 4.45. The molecule has 1 unspecified atom stereocenters. The fraction of sp³-hybridized carbons (Fsp3) is 0.500. The summed E-state index contributed by atoms with van der Waals surface area (Å²) in [4.78, 5) is 2.08. The lowest BCUT2D eigenvalue weighted by Crippen LogP contribution is -2.29. The molecule has 1 atom stereocenters. The van der Waals surface area contributed by atoms with Crippen molar-refractivity contribution in [3.8, 4) is 6.07 Å². The highest BCUT2D eigenvalue weighted by Crippen LogP contribution is 2.10. The van der Waals surface area contributed by atoms with Crippen LogP contribution in [0.3, 0.4) is 0 Å². The number of rotatable bonds is 4. The first kappa shape index (κ1) is 12.7. The summed E-state index contributed by atoms with van der Waals surface area (Å²) < 4.78 is 0. The minimum absolute atomic E-state index is 0.00783. The summed E-state index contributed by atoms with van der Waals surface area (Å²) in [5, 5.41) is 8.79. The first-order valence-electron chi connectivity index (χ1n) is 5.70. The molecule has 0 saturated carbocycles. The van der Waals surface area contributed by atoms with Crippen LogP contribution in [0.15, 0.2) is 18.2 Å². The highest BCUT2D eigenvalue weighted by atomic mass is 15.1. The molecule has 1 aromatic carbocycles. The van der Waals surface area contributed by atoms with Crippen LogP contribution < -0.4 is 0 Å². The summed E-state index contributed by atoms with van der Waals surface area (Å²) in [6.45, 7) is 7.13. The van der Waals surface area contributed by atoms with E-state index in [1.165, 1.54) is 16.7 Å². The third-order valence-electron chi connectivity index (χ3n) is 3.17. The minimum atomic E-state index is -0.00783. The standard InChI is InChI=1S/C14H20N2/c1-11-5-6-14(9-12(11)2)7-8-16(4)13(3)10-15/h5-6,9,13H,7-8H2,1-4H3. The average molecular weight is 216 g/mol. The number of nitrogens with zero attached hydrogens (tertiary/aromatic N) is 2. The molecule has 0 saturated heterocycles. The van der Waals surface area contributed by atoms with E-state index in [1.54, 1.807) is 0 Å². The van der Waals surface area contributed by atoms with Gasteiger partial charge in [-0.25, -0.2) is 0 Å². The molecule has 0 radical (unpaired) electrons. The number of hydrogen-bond donors (Lipinski definition) is 0. The fourth-order valence-electron chi connectivity index (χ4n) is 1.56. The maximum atomic E-state index is 8.79. The number of likely N-dealkylation sites (N-methyl/N-ethyl adjacent to an activating group) is 1. The van der Waals surface area contributed by atoms with Gasteiger partial charge in [0.2, 0.25) is 0 Å². The van der Waals surface area contributed by atoms with E-state index in [1.807, 2.05) is 14.0 Å². The van der Waals surface area contributed by atoms with Gasteiger partial charge in [-0.05, 0) is 50.9 Å². The van der Waals surface area contributed by atoms with Crippen LogP contribution in [0.5, 0.6) is 0 Å². The monoisotopic (exact) mass is 216 g/mol. The van der Waals surface area contributed by atoms with Gasteiger partial charge in [0.25, 0.3) is 0 Å². The van der Waals surface area contributed by atoms with Crippen molar-refractivity contribution >= 4 is 0 Å². The van der Waals surface area contributed by atoms with Gasteiger partial charge in [-0.1, -0.05) is 18.2 Å². The lowest BCUT2D eigenvalue weighted by Gasteiger charge is -2.18. The average Bonchev–Trinajstić information content (AvgIpc) is 2.29. The molecule has 86 valence electrons. The maximum Gasteiger partial charge on any atom is 0.0946 e. The number of aryl methyl sites for hydroxylation is 2. The van der Waals surface area contributed by atoms with Crippen molar-refractivity contribution in [2.75, 3.05) is 13.6 Å². The van der Waals surface area contributed by atoms with Crippen molar-refractivity contribution in [3.63, 3.8) is 0 Å². The third-order valence-corrected chi connectivity index (χ3v) is 3.17. The first-order chi connectivity index (χ1) is 7.54. The molecule has 0 aromatic heterocycles. The van der Waals surface area contributed by atoms with Crippen molar-refractivity contribution in [1.82, 2.24) is 4.90 Å². The third kappa shape index (κ3) is 3.36. The van der Waals surface area contributed by atoms with E-state index in [9.17, 15) is 0 Å². The highest BCUT2D eigenvalue weighted by Gasteiger charge is 2.07. The Labute approximate surface area is 98.5 Å². The first-order valence-corrected chi connectivity index (χ1v) is 5.70. The molecule has 0 aliphatic rings. The molecule has 0 bridgehead atoms. The molecule has 0 aliphatic heterocycles. The predicted octanol–water partition coefficient (Wildman–Crippen LogP) is 2.69. The van der Waals surface area contributed by atoms with E-state index < -0.39 is 0 Å². The van der Waals surface area contributed by atoms with Crippen LogP contribution in [-0.4, -0.2) is 24.5 Å². The molecule has 0 fully saturated rings. The Morgan fingerprint density at radius 3 is 2.56 bits per heavy atom. The Bertz CT molecular complexity index is 390. The molecule has 0 heterocycles. The van der Waals surface area contributed by atoms with Crippen LogP contribution >= 0.6 is 0 Å². The normalized spacial score (nSPS) is 12.5. The minimum Gasteiger partial charge on any atom is -0.291 e. The van der Waals surface area contributed by atoms with Crippen molar-refractivity contribution in [2.24, 2.45) is 0 Å². The van der Waals surface area contributed by atoms with Gasteiger partial charge in [-0.2, -0.15) is 5.26 Å². The highest BCUT2D eigenvalue weighted by molar-refractivity contribution is 5.30. The Kier molecular flexibility index (Phi) is 4.52. The molecule has 0 aliphatic carbocycles. The zero-order chi connectivity index (χ0) is 12.1. The lowest BCUT2D eigenvalue weighted by atomic mass is 10.0. The topological polar surface area (TPSA) is 27.0 Å². The number of nitriles is 1. The summed E-state index contributed by atoms with van der Waals surface area (Å²) in [5.41, 5.74) is 4.02. The molecule has 16 heavy (non-hydrogen) atoms. The summed E-state index contributed by atoms with van der Waals surface area (Å²) in [6.07, 6.45) is 1.00. The van der Waals surface area contributed by atoms with E-state index in [0.717, 1.165) is 13.0 Å². The zero-order valence-corrected chi connectivity index (χ0v) is 10.6. The van der Waals surface area contributed by atoms with Crippen LogP contribution in [0.4, 0.5) is 0 Å².